The van der Waals surface area contributed by atoms with Crippen LogP contribution in [0.4, 0.5) is 5.69 Å². The van der Waals surface area contributed by atoms with Crippen LogP contribution in [0.5, 0.6) is 0 Å². The standard InChI is InChI=1S/C16H20ClN3O/c1-10-8-19(9-11(2)20(10)12(3)21)16-7-13(17)6-15-14(16)4-5-18-15/h4-7,10-11,18H,8-9H2,1-3H3/t10-,11+. The van der Waals surface area contributed by atoms with E-state index in [0.29, 0.717) is 0 Å². The van der Waals surface area contributed by atoms with Crippen molar-refractivity contribution in [3.63, 3.8) is 0 Å². The molecule has 2 aromatic rings. The zero-order chi connectivity index (χ0) is 15.1. The molecule has 1 aromatic carbocycles. The zero-order valence-electron chi connectivity index (χ0n) is 12.6. The Morgan fingerprint density at radius 1 is 1.29 bits per heavy atom. The van der Waals surface area contributed by atoms with E-state index in [1.807, 2.05) is 23.2 Å². The van der Waals surface area contributed by atoms with Crippen LogP contribution >= 0.6 is 11.6 Å². The lowest BCUT2D eigenvalue weighted by molar-refractivity contribution is -0.133. The molecule has 1 aromatic heterocycles. The van der Waals surface area contributed by atoms with Gasteiger partial charge in [0.05, 0.1) is 0 Å². The van der Waals surface area contributed by atoms with Gasteiger partial charge in [-0.1, -0.05) is 11.6 Å². The van der Waals surface area contributed by atoms with Gasteiger partial charge in [0.2, 0.25) is 5.91 Å². The maximum absolute atomic E-state index is 11.8. The van der Waals surface area contributed by atoms with Crippen molar-refractivity contribution < 1.29 is 4.79 Å². The molecule has 1 saturated heterocycles. The second-order valence-electron chi connectivity index (χ2n) is 5.89. The average molecular weight is 306 g/mol. The number of nitrogens with one attached hydrogen (secondary N) is 1. The number of nitrogens with zero attached hydrogens (tertiary/aromatic N) is 2. The normalized spacial score (nSPS) is 22.9. The topological polar surface area (TPSA) is 39.3 Å². The van der Waals surface area contributed by atoms with Gasteiger partial charge in [-0.05, 0) is 32.0 Å². The summed E-state index contributed by atoms with van der Waals surface area (Å²) in [5, 5.41) is 1.91. The Morgan fingerprint density at radius 2 is 1.95 bits per heavy atom. The molecule has 0 spiro atoms. The number of hydrogen-bond donors (Lipinski definition) is 1. The highest BCUT2D eigenvalue weighted by Gasteiger charge is 2.31. The van der Waals surface area contributed by atoms with E-state index in [2.05, 4.69) is 29.8 Å². The van der Waals surface area contributed by atoms with Crippen LogP contribution in [0.1, 0.15) is 20.8 Å². The number of aromatic nitrogens is 1. The van der Waals surface area contributed by atoms with Gasteiger partial charge >= 0.3 is 0 Å². The quantitative estimate of drug-likeness (QED) is 0.878. The molecule has 0 saturated carbocycles. The third kappa shape index (κ3) is 2.48. The van der Waals surface area contributed by atoms with Crippen molar-refractivity contribution in [1.82, 2.24) is 9.88 Å². The fourth-order valence-electron chi connectivity index (χ4n) is 3.51. The van der Waals surface area contributed by atoms with E-state index < -0.39 is 0 Å². The summed E-state index contributed by atoms with van der Waals surface area (Å²) >= 11 is 6.24. The fourth-order valence-corrected chi connectivity index (χ4v) is 3.73. The first-order chi connectivity index (χ1) is 9.97. The second kappa shape index (κ2) is 5.26. The van der Waals surface area contributed by atoms with Crippen LogP contribution in [0.15, 0.2) is 24.4 Å². The van der Waals surface area contributed by atoms with Crippen LogP contribution in [-0.4, -0.2) is 41.0 Å². The Morgan fingerprint density at radius 3 is 2.57 bits per heavy atom. The first-order valence-corrected chi connectivity index (χ1v) is 7.65. The highest BCUT2D eigenvalue weighted by molar-refractivity contribution is 6.31. The lowest BCUT2D eigenvalue weighted by Gasteiger charge is -2.45. The number of carbonyl (C=O) groups excluding carboxylic acids is 1. The number of halogens is 1. The van der Waals surface area contributed by atoms with Gasteiger partial charge in [-0.3, -0.25) is 4.79 Å². The molecule has 5 heteroatoms. The van der Waals surface area contributed by atoms with E-state index >= 15 is 0 Å². The molecule has 4 nitrogen and oxygen atoms in total. The molecule has 0 unspecified atom stereocenters. The molecule has 2 atom stereocenters. The van der Waals surface area contributed by atoms with E-state index in [0.717, 1.165) is 29.3 Å². The molecule has 0 radical (unpaired) electrons. The van der Waals surface area contributed by atoms with Gasteiger partial charge in [0.25, 0.3) is 0 Å². The van der Waals surface area contributed by atoms with Crippen molar-refractivity contribution in [2.24, 2.45) is 0 Å². The predicted molar refractivity (Wildman–Crippen MR) is 87.0 cm³/mol. The van der Waals surface area contributed by atoms with Gasteiger partial charge in [0, 0.05) is 59.9 Å². The summed E-state index contributed by atoms with van der Waals surface area (Å²) in [6.07, 6.45) is 1.93. The maximum atomic E-state index is 11.8. The molecule has 0 bridgehead atoms. The Kier molecular flexibility index (Phi) is 3.57. The van der Waals surface area contributed by atoms with E-state index in [-0.39, 0.29) is 18.0 Å². The molecule has 21 heavy (non-hydrogen) atoms. The minimum absolute atomic E-state index is 0.146. The van der Waals surface area contributed by atoms with Gasteiger partial charge in [-0.2, -0.15) is 0 Å². The number of aromatic amines is 1. The summed E-state index contributed by atoms with van der Waals surface area (Å²) in [4.78, 5) is 19.3. The Bertz CT molecular complexity index is 669. The van der Waals surface area contributed by atoms with Crippen LogP contribution < -0.4 is 4.90 Å². The number of carbonyl (C=O) groups is 1. The smallest absolute Gasteiger partial charge is 0.220 e. The number of fused-ring (bicyclic) bond motifs is 1. The summed E-state index contributed by atoms with van der Waals surface area (Å²) < 4.78 is 0. The number of H-pyrrole nitrogens is 1. The zero-order valence-corrected chi connectivity index (χ0v) is 13.3. The lowest BCUT2D eigenvalue weighted by Crippen LogP contribution is -2.58. The van der Waals surface area contributed by atoms with E-state index in [1.165, 1.54) is 5.39 Å². The number of piperazine rings is 1. The van der Waals surface area contributed by atoms with Gasteiger partial charge in [0.1, 0.15) is 0 Å². The van der Waals surface area contributed by atoms with Crippen molar-refractivity contribution in [3.05, 3.63) is 29.4 Å². The predicted octanol–water partition coefficient (Wildman–Crippen LogP) is 3.27. The van der Waals surface area contributed by atoms with E-state index in [9.17, 15) is 4.79 Å². The van der Waals surface area contributed by atoms with Gasteiger partial charge in [-0.15, -0.1) is 0 Å². The molecule has 1 N–H and O–H groups in total. The summed E-state index contributed by atoms with van der Waals surface area (Å²) in [5.74, 6) is 0.146. The highest BCUT2D eigenvalue weighted by atomic mass is 35.5. The van der Waals surface area contributed by atoms with Gasteiger partial charge in [-0.25, -0.2) is 0 Å². The molecule has 1 fully saturated rings. The van der Waals surface area contributed by atoms with Crippen LogP contribution in [0, 0.1) is 0 Å². The molecule has 1 amide bonds. The Balaban J connectivity index is 1.97. The van der Waals surface area contributed by atoms with Crippen molar-refractivity contribution in [1.29, 1.82) is 0 Å². The molecule has 2 heterocycles. The number of anilines is 1. The molecule has 1 aliphatic rings. The first kappa shape index (κ1) is 14.3. The SMILES string of the molecule is CC(=O)N1[C@H](C)CN(c2cc(Cl)cc3[nH]ccc23)C[C@@H]1C. The number of benzene rings is 1. The van der Waals surface area contributed by atoms with Crippen LogP contribution in [0.2, 0.25) is 5.02 Å². The maximum Gasteiger partial charge on any atom is 0.220 e. The number of hydrogen-bond acceptors (Lipinski definition) is 2. The third-order valence-electron chi connectivity index (χ3n) is 4.24. The summed E-state index contributed by atoms with van der Waals surface area (Å²) in [6, 6.07) is 6.42. The summed E-state index contributed by atoms with van der Waals surface area (Å²) in [6.45, 7) is 7.49. The lowest BCUT2D eigenvalue weighted by atomic mass is 10.1. The molecule has 1 aliphatic heterocycles. The minimum atomic E-state index is 0.146. The average Bonchev–Trinajstić information content (AvgIpc) is 2.84. The van der Waals surface area contributed by atoms with E-state index in [1.54, 1.807) is 6.92 Å². The van der Waals surface area contributed by atoms with Crippen LogP contribution in [-0.2, 0) is 4.79 Å². The van der Waals surface area contributed by atoms with Crippen molar-refractivity contribution in [2.45, 2.75) is 32.9 Å². The monoisotopic (exact) mass is 305 g/mol. The molecule has 3 rings (SSSR count). The molecular weight excluding hydrogens is 286 g/mol. The fraction of sp³-hybridized carbons (Fsp3) is 0.438. The molecule has 0 aliphatic carbocycles. The summed E-state index contributed by atoms with van der Waals surface area (Å²) in [7, 11) is 0. The Labute approximate surface area is 129 Å². The minimum Gasteiger partial charge on any atom is -0.367 e. The number of rotatable bonds is 1. The molecular formula is C16H20ClN3O. The second-order valence-corrected chi connectivity index (χ2v) is 6.33. The summed E-state index contributed by atoms with van der Waals surface area (Å²) in [5.41, 5.74) is 2.19. The number of amides is 1. The van der Waals surface area contributed by atoms with Crippen LogP contribution in [0.3, 0.4) is 0 Å². The highest BCUT2D eigenvalue weighted by Crippen LogP contribution is 2.32. The first-order valence-electron chi connectivity index (χ1n) is 7.28. The van der Waals surface area contributed by atoms with Crippen molar-refractivity contribution in [2.75, 3.05) is 18.0 Å². The van der Waals surface area contributed by atoms with Gasteiger partial charge < -0.3 is 14.8 Å². The van der Waals surface area contributed by atoms with E-state index in [4.69, 9.17) is 11.6 Å². The molecule has 112 valence electrons. The van der Waals surface area contributed by atoms with Crippen LogP contribution in [0.25, 0.3) is 10.9 Å². The van der Waals surface area contributed by atoms with Crippen molar-refractivity contribution >= 4 is 34.1 Å². The van der Waals surface area contributed by atoms with Gasteiger partial charge in [0.15, 0.2) is 0 Å². The third-order valence-corrected chi connectivity index (χ3v) is 4.45. The largest absolute Gasteiger partial charge is 0.367 e. The van der Waals surface area contributed by atoms with Crippen molar-refractivity contribution in [3.8, 4) is 0 Å². The Hall–Kier alpha value is -1.68.